The molecule has 0 saturated carbocycles. The van der Waals surface area contributed by atoms with Gasteiger partial charge in [-0.15, -0.1) is 0 Å². The zero-order valence-corrected chi connectivity index (χ0v) is 22.1. The highest BCUT2D eigenvalue weighted by atomic mass is 32.2. The number of aryl methyl sites for hydroxylation is 4. The Morgan fingerprint density at radius 3 is 2.27 bits per heavy atom. The molecule has 0 N–H and O–H groups in total. The molecule has 0 unspecified atom stereocenters. The molecule has 2 heterocycles. The largest absolute Gasteiger partial charge is 0.495 e. The van der Waals surface area contributed by atoms with E-state index in [0.717, 1.165) is 33.0 Å². The molecule has 0 saturated heterocycles. The summed E-state index contributed by atoms with van der Waals surface area (Å²) in [5, 5.41) is 5.58. The van der Waals surface area contributed by atoms with Crippen LogP contribution in [-0.4, -0.2) is 25.7 Å². The lowest BCUT2D eigenvalue weighted by Gasteiger charge is -2.25. The SMILES string of the molecule is COc1cc(-c2cc(C)c(C)cc2C)c(C)cc1N(c1ccon1)S(=O)(=O)c1ccc2cnccc2c1. The molecule has 0 atom stereocenters. The lowest BCUT2D eigenvalue weighted by molar-refractivity contribution is 0.414. The van der Waals surface area contributed by atoms with Gasteiger partial charge >= 0.3 is 0 Å². The normalized spacial score (nSPS) is 11.6. The van der Waals surface area contributed by atoms with E-state index in [0.29, 0.717) is 11.4 Å². The Balaban J connectivity index is 1.71. The van der Waals surface area contributed by atoms with Gasteiger partial charge in [0, 0.05) is 23.8 Å². The summed E-state index contributed by atoms with van der Waals surface area (Å²) < 4.78 is 40.2. The van der Waals surface area contributed by atoms with Crippen LogP contribution in [0.25, 0.3) is 21.9 Å². The van der Waals surface area contributed by atoms with Crippen molar-refractivity contribution in [2.75, 3.05) is 11.4 Å². The highest BCUT2D eigenvalue weighted by Gasteiger charge is 2.32. The molecule has 0 aliphatic heterocycles. The van der Waals surface area contributed by atoms with E-state index in [9.17, 15) is 8.42 Å². The smallest absolute Gasteiger partial charge is 0.270 e. The topological polar surface area (TPSA) is 85.5 Å². The molecule has 0 spiro atoms. The minimum Gasteiger partial charge on any atom is -0.495 e. The van der Waals surface area contributed by atoms with E-state index in [1.165, 1.54) is 34.9 Å². The summed E-state index contributed by atoms with van der Waals surface area (Å²) in [6, 6.07) is 16.2. The number of benzene rings is 3. The molecule has 2 aromatic heterocycles. The first-order chi connectivity index (χ1) is 17.7. The van der Waals surface area contributed by atoms with Gasteiger partial charge in [0.05, 0.1) is 12.0 Å². The first-order valence-corrected chi connectivity index (χ1v) is 13.2. The van der Waals surface area contributed by atoms with Crippen LogP contribution < -0.4 is 9.04 Å². The average Bonchev–Trinajstić information content (AvgIpc) is 3.40. The monoisotopic (exact) mass is 513 g/mol. The number of rotatable bonds is 6. The summed E-state index contributed by atoms with van der Waals surface area (Å²) in [6.45, 7) is 8.21. The second-order valence-corrected chi connectivity index (χ2v) is 10.9. The van der Waals surface area contributed by atoms with Crippen molar-refractivity contribution in [1.82, 2.24) is 10.1 Å². The van der Waals surface area contributed by atoms with Crippen LogP contribution in [0.1, 0.15) is 22.3 Å². The Labute approximate surface area is 216 Å². The van der Waals surface area contributed by atoms with Crippen LogP contribution in [0.3, 0.4) is 0 Å². The minimum absolute atomic E-state index is 0.114. The van der Waals surface area contributed by atoms with Gasteiger partial charge in [0.15, 0.2) is 5.82 Å². The molecule has 3 aromatic carbocycles. The van der Waals surface area contributed by atoms with E-state index in [1.807, 2.05) is 19.1 Å². The lowest BCUT2D eigenvalue weighted by Crippen LogP contribution is -2.27. The standard InChI is InChI=1S/C29H27N3O4S/c1-18-12-20(3)25(13-19(18)2)26-16-28(35-5)27(14-21(26)4)32(29-9-11-36-31-29)37(33,34)24-7-6-23-17-30-10-8-22(23)15-24/h6-17H,1-5H3. The first-order valence-electron chi connectivity index (χ1n) is 11.8. The third kappa shape index (κ3) is 4.34. The number of aromatic nitrogens is 2. The van der Waals surface area contributed by atoms with Crippen molar-refractivity contribution in [2.45, 2.75) is 32.6 Å². The number of hydrogen-bond donors (Lipinski definition) is 0. The van der Waals surface area contributed by atoms with Gasteiger partial charge in [0.2, 0.25) is 0 Å². The molecular formula is C29H27N3O4S. The highest BCUT2D eigenvalue weighted by molar-refractivity contribution is 7.93. The molecule has 188 valence electrons. The van der Waals surface area contributed by atoms with Crippen LogP contribution in [0.2, 0.25) is 0 Å². The van der Waals surface area contributed by atoms with Gasteiger partial charge in [0.1, 0.15) is 17.7 Å². The van der Waals surface area contributed by atoms with E-state index >= 15 is 0 Å². The van der Waals surface area contributed by atoms with Crippen LogP contribution in [0.5, 0.6) is 5.75 Å². The predicted octanol–water partition coefficient (Wildman–Crippen LogP) is 6.66. The third-order valence-electron chi connectivity index (χ3n) is 6.66. The van der Waals surface area contributed by atoms with Crippen LogP contribution in [0, 0.1) is 27.7 Å². The Hall–Kier alpha value is -4.17. The maximum atomic E-state index is 14.1. The van der Waals surface area contributed by atoms with Crippen LogP contribution in [-0.2, 0) is 10.0 Å². The van der Waals surface area contributed by atoms with Crippen LogP contribution >= 0.6 is 0 Å². The first kappa shape index (κ1) is 24.5. The number of pyridine rings is 1. The van der Waals surface area contributed by atoms with Gasteiger partial charge in [-0.1, -0.05) is 23.4 Å². The number of nitrogens with zero attached hydrogens (tertiary/aromatic N) is 3. The molecular weight excluding hydrogens is 486 g/mol. The number of fused-ring (bicyclic) bond motifs is 1. The van der Waals surface area contributed by atoms with Crippen molar-refractivity contribution in [3.05, 3.63) is 95.5 Å². The van der Waals surface area contributed by atoms with Crippen LogP contribution in [0.4, 0.5) is 11.5 Å². The van der Waals surface area contributed by atoms with Crippen molar-refractivity contribution < 1.29 is 17.7 Å². The Kier molecular flexibility index (Phi) is 6.21. The van der Waals surface area contributed by atoms with Crippen molar-refractivity contribution >= 4 is 32.3 Å². The summed E-state index contributed by atoms with van der Waals surface area (Å²) >= 11 is 0. The summed E-state index contributed by atoms with van der Waals surface area (Å²) in [5.74, 6) is 0.525. The van der Waals surface area contributed by atoms with Crippen LogP contribution in [0.15, 0.2) is 82.7 Å². The summed E-state index contributed by atoms with van der Waals surface area (Å²) in [6.07, 6.45) is 4.67. The summed E-state index contributed by atoms with van der Waals surface area (Å²) in [4.78, 5) is 4.23. The molecule has 37 heavy (non-hydrogen) atoms. The number of ether oxygens (including phenoxy) is 1. The summed E-state index contributed by atoms with van der Waals surface area (Å²) in [5.41, 5.74) is 6.82. The third-order valence-corrected chi connectivity index (χ3v) is 8.37. The average molecular weight is 514 g/mol. The second-order valence-electron chi connectivity index (χ2n) is 9.10. The Bertz CT molecular complexity index is 1730. The van der Waals surface area contributed by atoms with Crippen molar-refractivity contribution in [3.8, 4) is 16.9 Å². The molecule has 0 bridgehead atoms. The molecule has 5 rings (SSSR count). The predicted molar refractivity (Wildman–Crippen MR) is 145 cm³/mol. The van der Waals surface area contributed by atoms with Gasteiger partial charge < -0.3 is 9.26 Å². The van der Waals surface area contributed by atoms with E-state index in [2.05, 4.69) is 43.0 Å². The second kappa shape index (κ2) is 9.37. The number of anilines is 2. The maximum Gasteiger partial charge on any atom is 0.270 e. The van der Waals surface area contributed by atoms with E-state index in [-0.39, 0.29) is 10.7 Å². The molecule has 7 nitrogen and oxygen atoms in total. The lowest BCUT2D eigenvalue weighted by atomic mass is 9.92. The zero-order chi connectivity index (χ0) is 26.3. The fourth-order valence-corrected chi connectivity index (χ4v) is 6.02. The van der Waals surface area contributed by atoms with E-state index < -0.39 is 10.0 Å². The molecule has 0 radical (unpaired) electrons. The fourth-order valence-electron chi connectivity index (χ4n) is 4.55. The molecule has 0 amide bonds. The van der Waals surface area contributed by atoms with E-state index in [4.69, 9.17) is 9.26 Å². The van der Waals surface area contributed by atoms with Gasteiger partial charge in [0.25, 0.3) is 10.0 Å². The molecule has 8 heteroatoms. The summed E-state index contributed by atoms with van der Waals surface area (Å²) in [7, 11) is -2.58. The van der Waals surface area contributed by atoms with Crippen molar-refractivity contribution in [1.29, 1.82) is 0 Å². The van der Waals surface area contributed by atoms with Gasteiger partial charge in [-0.25, -0.2) is 12.7 Å². The zero-order valence-electron chi connectivity index (χ0n) is 21.3. The fraction of sp³-hybridized carbons (Fsp3) is 0.172. The molecule has 0 aliphatic carbocycles. The number of sulfonamides is 1. The molecule has 0 aliphatic rings. The number of hydrogen-bond acceptors (Lipinski definition) is 6. The quantitative estimate of drug-likeness (QED) is 0.252. The maximum absolute atomic E-state index is 14.1. The number of methoxy groups -OCH3 is 1. The van der Waals surface area contributed by atoms with Crippen molar-refractivity contribution in [2.24, 2.45) is 0 Å². The van der Waals surface area contributed by atoms with E-state index in [1.54, 1.807) is 36.7 Å². The Morgan fingerprint density at radius 2 is 1.54 bits per heavy atom. The Morgan fingerprint density at radius 1 is 0.811 bits per heavy atom. The van der Waals surface area contributed by atoms with Gasteiger partial charge in [-0.05, 0) is 96.8 Å². The van der Waals surface area contributed by atoms with Gasteiger partial charge in [-0.3, -0.25) is 4.98 Å². The highest BCUT2D eigenvalue weighted by Crippen LogP contribution is 2.42. The molecule has 0 fully saturated rings. The molecule has 5 aromatic rings. The van der Waals surface area contributed by atoms with Crippen molar-refractivity contribution in [3.63, 3.8) is 0 Å². The minimum atomic E-state index is -4.11. The van der Waals surface area contributed by atoms with Gasteiger partial charge in [-0.2, -0.15) is 0 Å².